The molecule has 2 fully saturated rings. The predicted molar refractivity (Wildman–Crippen MR) is 134 cm³/mol. The first-order chi connectivity index (χ1) is 15.3. The number of aldehydes is 1. The zero-order chi connectivity index (χ0) is 24.4. The molecule has 7 atom stereocenters. The Hall–Kier alpha value is -1.22. The maximum atomic E-state index is 13.9. The van der Waals surface area contributed by atoms with Gasteiger partial charge in [-0.1, -0.05) is 53.2 Å². The Morgan fingerprint density at radius 3 is 2.48 bits per heavy atom. The molecule has 0 spiro atoms. The van der Waals surface area contributed by atoms with Crippen LogP contribution in [-0.4, -0.2) is 23.3 Å². The van der Waals surface area contributed by atoms with Gasteiger partial charge in [-0.25, -0.2) is 0 Å². The summed E-state index contributed by atoms with van der Waals surface area (Å²) in [4.78, 5) is 24.8. The third-order valence-electron chi connectivity index (χ3n) is 11.6. The molecule has 0 aromatic rings. The van der Waals surface area contributed by atoms with Gasteiger partial charge in [0.1, 0.15) is 6.29 Å². The highest BCUT2D eigenvalue weighted by Crippen LogP contribution is 2.71. The van der Waals surface area contributed by atoms with Crippen LogP contribution in [0.25, 0.3) is 0 Å². The van der Waals surface area contributed by atoms with Crippen molar-refractivity contribution in [2.75, 3.05) is 0 Å². The number of carbonyl (C=O) groups excluding carboxylic acids is 2. The first-order valence-electron chi connectivity index (χ1n) is 13.4. The minimum absolute atomic E-state index is 0.0389. The fraction of sp³-hybridized carbons (Fsp3) is 0.800. The van der Waals surface area contributed by atoms with Crippen molar-refractivity contribution >= 4 is 12.1 Å². The third kappa shape index (κ3) is 3.46. The fourth-order valence-electron chi connectivity index (χ4n) is 9.13. The SMILES string of the molecule is CC(C=O)=CCCC(C)C1CCC2(C)C3=C(CCC12C)C1(C)CCC(O)C(C)(C)C1CC3=O. The highest BCUT2D eigenvalue weighted by Gasteiger charge is 2.65. The molecule has 0 aliphatic heterocycles. The largest absolute Gasteiger partial charge is 0.393 e. The summed E-state index contributed by atoms with van der Waals surface area (Å²) in [5.74, 6) is 1.81. The lowest BCUT2D eigenvalue weighted by Crippen LogP contribution is -2.57. The van der Waals surface area contributed by atoms with E-state index in [1.807, 2.05) is 6.92 Å². The molecule has 0 bridgehead atoms. The Morgan fingerprint density at radius 2 is 1.82 bits per heavy atom. The van der Waals surface area contributed by atoms with Crippen LogP contribution in [0.1, 0.15) is 106 Å². The van der Waals surface area contributed by atoms with E-state index in [-0.39, 0.29) is 33.7 Å². The lowest BCUT2D eigenvalue weighted by molar-refractivity contribution is -0.134. The molecular formula is C30H46O3. The number of aliphatic hydroxyl groups excluding tert-OH is 1. The van der Waals surface area contributed by atoms with Crippen molar-refractivity contribution in [1.29, 1.82) is 0 Å². The average Bonchev–Trinajstić information content (AvgIpc) is 3.04. The number of ketones is 1. The smallest absolute Gasteiger partial charge is 0.159 e. The number of aliphatic hydroxyl groups is 1. The molecule has 4 rings (SSSR count). The van der Waals surface area contributed by atoms with E-state index in [2.05, 4.69) is 47.6 Å². The van der Waals surface area contributed by atoms with Crippen LogP contribution in [0, 0.1) is 39.4 Å². The molecule has 0 aromatic carbocycles. The van der Waals surface area contributed by atoms with Crippen molar-refractivity contribution in [2.45, 2.75) is 112 Å². The predicted octanol–water partition coefficient (Wildman–Crippen LogP) is 6.84. The van der Waals surface area contributed by atoms with E-state index in [9.17, 15) is 14.7 Å². The van der Waals surface area contributed by atoms with Crippen LogP contribution < -0.4 is 0 Å². The van der Waals surface area contributed by atoms with Gasteiger partial charge in [0.25, 0.3) is 0 Å². The molecule has 4 aliphatic rings. The third-order valence-corrected chi connectivity index (χ3v) is 11.6. The molecule has 3 nitrogen and oxygen atoms in total. The topological polar surface area (TPSA) is 54.4 Å². The summed E-state index contributed by atoms with van der Waals surface area (Å²) in [5.41, 5.74) is 3.42. The Labute approximate surface area is 201 Å². The summed E-state index contributed by atoms with van der Waals surface area (Å²) in [6.07, 6.45) is 11.7. The average molecular weight is 455 g/mol. The van der Waals surface area contributed by atoms with Gasteiger partial charge in [0.05, 0.1) is 6.10 Å². The first-order valence-corrected chi connectivity index (χ1v) is 13.4. The summed E-state index contributed by atoms with van der Waals surface area (Å²) in [6.45, 7) is 15.9. The Morgan fingerprint density at radius 1 is 1.12 bits per heavy atom. The molecule has 3 heteroatoms. The van der Waals surface area contributed by atoms with Crippen LogP contribution in [0.4, 0.5) is 0 Å². The van der Waals surface area contributed by atoms with E-state index in [0.717, 1.165) is 50.4 Å². The monoisotopic (exact) mass is 454 g/mol. The minimum Gasteiger partial charge on any atom is -0.393 e. The van der Waals surface area contributed by atoms with Crippen LogP contribution in [0.15, 0.2) is 22.8 Å². The Bertz CT molecular complexity index is 894. The second-order valence-electron chi connectivity index (χ2n) is 13.3. The lowest BCUT2D eigenvalue weighted by Gasteiger charge is -2.61. The van der Waals surface area contributed by atoms with Gasteiger partial charge in [-0.05, 0) is 97.9 Å². The van der Waals surface area contributed by atoms with E-state index in [1.54, 1.807) is 0 Å². The van der Waals surface area contributed by atoms with Gasteiger partial charge in [-0.3, -0.25) is 9.59 Å². The maximum absolute atomic E-state index is 13.9. The number of allylic oxidation sites excluding steroid dienone is 4. The second-order valence-corrected chi connectivity index (χ2v) is 13.3. The van der Waals surface area contributed by atoms with Gasteiger partial charge >= 0.3 is 0 Å². The van der Waals surface area contributed by atoms with E-state index < -0.39 is 0 Å². The number of fused-ring (bicyclic) bond motifs is 4. The molecule has 0 amide bonds. The number of rotatable bonds is 5. The van der Waals surface area contributed by atoms with Crippen molar-refractivity contribution < 1.29 is 14.7 Å². The normalized spacial score (nSPS) is 43.6. The van der Waals surface area contributed by atoms with Crippen LogP contribution in [0.2, 0.25) is 0 Å². The number of carbonyl (C=O) groups is 2. The molecule has 2 saturated carbocycles. The second kappa shape index (κ2) is 8.18. The highest BCUT2D eigenvalue weighted by atomic mass is 16.3. The molecule has 184 valence electrons. The zero-order valence-electron chi connectivity index (χ0n) is 22.1. The molecule has 33 heavy (non-hydrogen) atoms. The molecule has 0 aromatic heterocycles. The minimum atomic E-state index is -0.316. The van der Waals surface area contributed by atoms with Crippen LogP contribution in [0.3, 0.4) is 0 Å². The molecular weight excluding hydrogens is 408 g/mol. The lowest BCUT2D eigenvalue weighted by atomic mass is 9.43. The van der Waals surface area contributed by atoms with E-state index in [1.165, 1.54) is 24.0 Å². The molecule has 4 aliphatic carbocycles. The summed E-state index contributed by atoms with van der Waals surface area (Å²) < 4.78 is 0. The van der Waals surface area contributed by atoms with Gasteiger partial charge in [0, 0.05) is 17.4 Å². The molecule has 0 saturated heterocycles. The maximum Gasteiger partial charge on any atom is 0.159 e. The van der Waals surface area contributed by atoms with Crippen molar-refractivity contribution in [1.82, 2.24) is 0 Å². The van der Waals surface area contributed by atoms with Gasteiger partial charge in [0.15, 0.2) is 5.78 Å². The van der Waals surface area contributed by atoms with Crippen molar-refractivity contribution in [3.63, 3.8) is 0 Å². The van der Waals surface area contributed by atoms with Gasteiger partial charge in [-0.2, -0.15) is 0 Å². The van der Waals surface area contributed by atoms with Crippen molar-refractivity contribution in [3.8, 4) is 0 Å². The molecule has 7 unspecified atom stereocenters. The summed E-state index contributed by atoms with van der Waals surface area (Å²) in [5, 5.41) is 10.8. The molecule has 1 N–H and O–H groups in total. The summed E-state index contributed by atoms with van der Waals surface area (Å²) in [6, 6.07) is 0. The van der Waals surface area contributed by atoms with Gasteiger partial charge in [-0.15, -0.1) is 0 Å². The van der Waals surface area contributed by atoms with Gasteiger partial charge in [0.2, 0.25) is 0 Å². The number of hydrogen-bond donors (Lipinski definition) is 1. The fourth-order valence-corrected chi connectivity index (χ4v) is 9.13. The van der Waals surface area contributed by atoms with Crippen LogP contribution >= 0.6 is 0 Å². The summed E-state index contributed by atoms with van der Waals surface area (Å²) in [7, 11) is 0. The number of Topliss-reactive ketones (excluding diaryl/α,β-unsaturated/α-hetero) is 1. The van der Waals surface area contributed by atoms with Crippen LogP contribution in [0.5, 0.6) is 0 Å². The highest BCUT2D eigenvalue weighted by molar-refractivity contribution is 5.99. The Kier molecular flexibility index (Phi) is 6.17. The van der Waals surface area contributed by atoms with Crippen LogP contribution in [-0.2, 0) is 9.59 Å². The molecule has 0 radical (unpaired) electrons. The standard InChI is InChI=1S/C30H46O3/c1-19(18-31)9-8-10-20(2)21-11-16-30(7)26-22(12-15-29(21,30)6)28(5)14-13-25(33)27(3,4)24(28)17-23(26)32/h9,18,20-21,24-25,33H,8,10-17H2,1-7H3. The number of hydrogen-bond acceptors (Lipinski definition) is 3. The van der Waals surface area contributed by atoms with Crippen molar-refractivity contribution in [2.24, 2.45) is 39.4 Å². The van der Waals surface area contributed by atoms with E-state index >= 15 is 0 Å². The Balaban J connectivity index is 1.68. The quantitative estimate of drug-likeness (QED) is 0.365. The van der Waals surface area contributed by atoms with E-state index in [0.29, 0.717) is 24.0 Å². The summed E-state index contributed by atoms with van der Waals surface area (Å²) >= 11 is 0. The van der Waals surface area contributed by atoms with E-state index in [4.69, 9.17) is 0 Å². The van der Waals surface area contributed by atoms with Gasteiger partial charge < -0.3 is 5.11 Å². The molecule has 0 heterocycles. The zero-order valence-corrected chi connectivity index (χ0v) is 22.1. The van der Waals surface area contributed by atoms with Crippen molar-refractivity contribution in [3.05, 3.63) is 22.8 Å². The first kappa shape index (κ1) is 24.9.